The van der Waals surface area contributed by atoms with Gasteiger partial charge in [0.2, 0.25) is 5.95 Å². The molecule has 2 aromatic rings. The Morgan fingerprint density at radius 1 is 1.21 bits per heavy atom. The van der Waals surface area contributed by atoms with E-state index in [1.807, 2.05) is 49.5 Å². The van der Waals surface area contributed by atoms with E-state index in [-0.39, 0.29) is 0 Å². The first-order valence-electron chi connectivity index (χ1n) is 6.33. The molecule has 0 unspecified atom stereocenters. The lowest BCUT2D eigenvalue weighted by Gasteiger charge is -2.16. The van der Waals surface area contributed by atoms with E-state index in [4.69, 9.17) is 5.73 Å². The molecule has 2 N–H and O–H groups in total. The third kappa shape index (κ3) is 3.72. The molecule has 2 rings (SSSR count). The van der Waals surface area contributed by atoms with Crippen LogP contribution in [-0.4, -0.2) is 28.5 Å². The van der Waals surface area contributed by atoms with Crippen molar-refractivity contribution in [3.05, 3.63) is 47.5 Å². The topological polar surface area (TPSA) is 67.9 Å². The number of nitrogens with zero attached hydrogens (tertiary/aromatic N) is 4. The first-order chi connectivity index (χ1) is 9.19. The summed E-state index contributed by atoms with van der Waals surface area (Å²) >= 11 is 0. The van der Waals surface area contributed by atoms with E-state index in [0.29, 0.717) is 19.0 Å². The van der Waals surface area contributed by atoms with Crippen LogP contribution in [0.15, 0.2) is 30.6 Å². The van der Waals surface area contributed by atoms with Gasteiger partial charge in [0, 0.05) is 25.1 Å². The maximum absolute atomic E-state index is 5.50. The second kappa shape index (κ2) is 6.24. The molecule has 100 valence electrons. The molecule has 0 saturated heterocycles. The average molecular weight is 257 g/mol. The summed E-state index contributed by atoms with van der Waals surface area (Å²) < 4.78 is 0. The highest BCUT2D eigenvalue weighted by atomic mass is 15.2. The van der Waals surface area contributed by atoms with Crippen molar-refractivity contribution >= 4 is 5.95 Å². The molecule has 19 heavy (non-hydrogen) atoms. The number of anilines is 1. The fourth-order valence-electron chi connectivity index (χ4n) is 1.84. The molecule has 2 heterocycles. The minimum atomic E-state index is 0.617. The highest BCUT2D eigenvalue weighted by Crippen LogP contribution is 2.09. The molecule has 2 aromatic heterocycles. The zero-order valence-corrected chi connectivity index (χ0v) is 11.4. The Bertz CT molecular complexity index is 524. The first kappa shape index (κ1) is 13.4. The van der Waals surface area contributed by atoms with Crippen LogP contribution in [0.5, 0.6) is 0 Å². The Morgan fingerprint density at radius 3 is 2.58 bits per heavy atom. The highest BCUT2D eigenvalue weighted by Gasteiger charge is 2.06. The van der Waals surface area contributed by atoms with Crippen LogP contribution in [0.3, 0.4) is 0 Å². The summed E-state index contributed by atoms with van der Waals surface area (Å²) in [5.74, 6) is 0.698. The van der Waals surface area contributed by atoms with Crippen molar-refractivity contribution in [1.82, 2.24) is 15.0 Å². The molecule has 5 nitrogen and oxygen atoms in total. The van der Waals surface area contributed by atoms with Crippen molar-refractivity contribution in [2.24, 2.45) is 5.73 Å². The summed E-state index contributed by atoms with van der Waals surface area (Å²) in [6.45, 7) is 3.30. The van der Waals surface area contributed by atoms with Crippen molar-refractivity contribution in [3.63, 3.8) is 0 Å². The molecule has 0 bridgehead atoms. The number of hydrogen-bond acceptors (Lipinski definition) is 5. The van der Waals surface area contributed by atoms with Crippen molar-refractivity contribution in [2.75, 3.05) is 18.5 Å². The van der Waals surface area contributed by atoms with Crippen LogP contribution in [0.2, 0.25) is 0 Å². The number of aryl methyl sites for hydroxylation is 1. The van der Waals surface area contributed by atoms with Gasteiger partial charge in [-0.25, -0.2) is 9.97 Å². The van der Waals surface area contributed by atoms with Gasteiger partial charge in [-0.1, -0.05) is 6.07 Å². The van der Waals surface area contributed by atoms with Crippen LogP contribution in [0.1, 0.15) is 17.0 Å². The Morgan fingerprint density at radius 2 is 1.95 bits per heavy atom. The van der Waals surface area contributed by atoms with Crippen LogP contribution >= 0.6 is 0 Å². The fourth-order valence-corrected chi connectivity index (χ4v) is 1.84. The summed E-state index contributed by atoms with van der Waals surface area (Å²) in [6.07, 6.45) is 4.47. The van der Waals surface area contributed by atoms with E-state index in [1.54, 1.807) is 0 Å². The average Bonchev–Trinajstić information content (AvgIpc) is 2.40. The summed E-state index contributed by atoms with van der Waals surface area (Å²) in [6, 6.07) is 6.00. The molecule has 0 aliphatic rings. The van der Waals surface area contributed by atoms with Crippen molar-refractivity contribution < 1.29 is 0 Å². The summed E-state index contributed by atoms with van der Waals surface area (Å²) in [7, 11) is 1.96. The standard InChI is InChI=1S/C14H19N5/c1-11-4-3-5-13(18-11)10-19(2)14-16-8-12(6-7-15)9-17-14/h3-5,8-9H,6-7,10,15H2,1-2H3. The van der Waals surface area contributed by atoms with E-state index >= 15 is 0 Å². The normalized spacial score (nSPS) is 10.5. The molecular formula is C14H19N5. The third-order valence-electron chi connectivity index (χ3n) is 2.81. The Balaban J connectivity index is 2.05. The SMILES string of the molecule is Cc1cccc(CN(C)c2ncc(CCN)cn2)n1. The molecule has 0 amide bonds. The number of hydrogen-bond donors (Lipinski definition) is 1. The fraction of sp³-hybridized carbons (Fsp3) is 0.357. The van der Waals surface area contributed by atoms with E-state index < -0.39 is 0 Å². The van der Waals surface area contributed by atoms with Gasteiger partial charge in [-0.2, -0.15) is 0 Å². The summed E-state index contributed by atoms with van der Waals surface area (Å²) in [5.41, 5.74) is 8.59. The van der Waals surface area contributed by atoms with Crippen molar-refractivity contribution in [3.8, 4) is 0 Å². The highest BCUT2D eigenvalue weighted by molar-refractivity contribution is 5.30. The maximum Gasteiger partial charge on any atom is 0.225 e. The Hall–Kier alpha value is -2.01. The van der Waals surface area contributed by atoms with Gasteiger partial charge >= 0.3 is 0 Å². The van der Waals surface area contributed by atoms with Gasteiger partial charge in [-0.05, 0) is 37.6 Å². The zero-order chi connectivity index (χ0) is 13.7. The lowest BCUT2D eigenvalue weighted by Crippen LogP contribution is -2.20. The second-order valence-electron chi connectivity index (χ2n) is 4.56. The largest absolute Gasteiger partial charge is 0.338 e. The summed E-state index contributed by atoms with van der Waals surface area (Å²) in [5, 5.41) is 0. The third-order valence-corrected chi connectivity index (χ3v) is 2.81. The molecule has 0 spiro atoms. The maximum atomic E-state index is 5.50. The van der Waals surface area contributed by atoms with E-state index in [9.17, 15) is 0 Å². The summed E-state index contributed by atoms with van der Waals surface area (Å²) in [4.78, 5) is 15.1. The number of rotatable bonds is 5. The van der Waals surface area contributed by atoms with Crippen LogP contribution in [-0.2, 0) is 13.0 Å². The van der Waals surface area contributed by atoms with Gasteiger partial charge in [0.25, 0.3) is 0 Å². The van der Waals surface area contributed by atoms with Gasteiger partial charge in [-0.15, -0.1) is 0 Å². The Labute approximate surface area is 113 Å². The predicted molar refractivity (Wildman–Crippen MR) is 75.9 cm³/mol. The van der Waals surface area contributed by atoms with Gasteiger partial charge in [0.1, 0.15) is 0 Å². The lowest BCUT2D eigenvalue weighted by molar-refractivity contribution is 0.828. The van der Waals surface area contributed by atoms with Crippen LogP contribution < -0.4 is 10.6 Å². The van der Waals surface area contributed by atoms with E-state index in [1.165, 1.54) is 0 Å². The monoisotopic (exact) mass is 257 g/mol. The quantitative estimate of drug-likeness (QED) is 0.875. The van der Waals surface area contributed by atoms with Gasteiger partial charge in [-0.3, -0.25) is 4.98 Å². The lowest BCUT2D eigenvalue weighted by atomic mass is 10.2. The Kier molecular flexibility index (Phi) is 4.41. The molecule has 0 aromatic carbocycles. The molecule has 0 saturated carbocycles. The molecule has 0 atom stereocenters. The van der Waals surface area contributed by atoms with E-state index in [2.05, 4.69) is 15.0 Å². The van der Waals surface area contributed by atoms with Crippen molar-refractivity contribution in [2.45, 2.75) is 19.9 Å². The molecule has 5 heteroatoms. The predicted octanol–water partition coefficient (Wildman–Crippen LogP) is 1.32. The van der Waals surface area contributed by atoms with E-state index in [0.717, 1.165) is 23.4 Å². The number of aromatic nitrogens is 3. The molecule has 0 radical (unpaired) electrons. The minimum absolute atomic E-state index is 0.617. The molecular weight excluding hydrogens is 238 g/mol. The molecule has 0 fully saturated rings. The smallest absolute Gasteiger partial charge is 0.225 e. The first-order valence-corrected chi connectivity index (χ1v) is 6.33. The van der Waals surface area contributed by atoms with Crippen molar-refractivity contribution in [1.29, 1.82) is 0 Å². The van der Waals surface area contributed by atoms with Crippen LogP contribution in [0.4, 0.5) is 5.95 Å². The van der Waals surface area contributed by atoms with Gasteiger partial charge < -0.3 is 10.6 Å². The van der Waals surface area contributed by atoms with Gasteiger partial charge in [0.05, 0.1) is 12.2 Å². The zero-order valence-electron chi connectivity index (χ0n) is 11.4. The number of pyridine rings is 1. The molecule has 0 aliphatic heterocycles. The van der Waals surface area contributed by atoms with Crippen LogP contribution in [0, 0.1) is 6.92 Å². The second-order valence-corrected chi connectivity index (χ2v) is 4.56. The minimum Gasteiger partial charge on any atom is -0.338 e. The van der Waals surface area contributed by atoms with Crippen LogP contribution in [0.25, 0.3) is 0 Å². The molecule has 0 aliphatic carbocycles. The number of nitrogens with two attached hydrogens (primary N) is 1. The van der Waals surface area contributed by atoms with Gasteiger partial charge in [0.15, 0.2) is 0 Å².